The molecule has 0 aromatic heterocycles. The van der Waals surface area contributed by atoms with E-state index in [-0.39, 0.29) is 25.0 Å². The van der Waals surface area contributed by atoms with Crippen molar-refractivity contribution in [1.29, 1.82) is 0 Å². The Labute approximate surface area is 258 Å². The van der Waals surface area contributed by atoms with Crippen LogP contribution >= 0.6 is 0 Å². The third-order valence-corrected chi connectivity index (χ3v) is 9.78. The second-order valence-electron chi connectivity index (χ2n) is 12.3. The summed E-state index contributed by atoms with van der Waals surface area (Å²) in [6.45, 7) is 11.9. The van der Waals surface area contributed by atoms with Crippen LogP contribution in [-0.2, 0) is 38.1 Å². The Morgan fingerprint density at radius 1 is 1.14 bits per heavy atom. The maximum absolute atomic E-state index is 12.9. The van der Waals surface area contributed by atoms with Crippen molar-refractivity contribution in [3.8, 4) is 11.5 Å². The third kappa shape index (κ3) is 6.42. The number of benzene rings is 1. The van der Waals surface area contributed by atoms with Crippen LogP contribution in [-0.4, -0.2) is 70.1 Å². The average molecular weight is 614 g/mol. The summed E-state index contributed by atoms with van der Waals surface area (Å²) in [5.74, 6) is -0.654. The fourth-order valence-corrected chi connectivity index (χ4v) is 7.72. The van der Waals surface area contributed by atoms with Gasteiger partial charge in [0.1, 0.15) is 25.4 Å². The standard InChI is InChI=1S/C33H43NO10/c1-19-24(15-25(23-11-13-42-31(23)38)34-22-8-9-26(39-6)28(14-22)40-7)32(4)12-10-30(44-21(3)37)33(5,17-41-18-35)29(32)16-27(19)43-20(2)36/h8-9,11,14,18,24-25,27,29-30,34H,1,10,12-13,15-17H2,2-7H3/t24-,25-,27+,29+,30-,32+,33+/m1/s1. The van der Waals surface area contributed by atoms with Gasteiger partial charge in [-0.25, -0.2) is 4.79 Å². The molecule has 1 heterocycles. The summed E-state index contributed by atoms with van der Waals surface area (Å²) in [6.07, 6.45) is 2.66. The second-order valence-corrected chi connectivity index (χ2v) is 12.3. The lowest BCUT2D eigenvalue weighted by atomic mass is 9.45. The molecule has 0 saturated heterocycles. The predicted molar refractivity (Wildman–Crippen MR) is 160 cm³/mol. The van der Waals surface area contributed by atoms with Crippen molar-refractivity contribution < 1.29 is 47.6 Å². The number of rotatable bonds is 12. The zero-order valence-electron chi connectivity index (χ0n) is 26.3. The lowest BCUT2D eigenvalue weighted by Crippen LogP contribution is -2.61. The molecule has 1 N–H and O–H groups in total. The fraction of sp³-hybridized carbons (Fsp3) is 0.576. The first-order valence-electron chi connectivity index (χ1n) is 14.8. The minimum atomic E-state index is -0.783. The van der Waals surface area contributed by atoms with E-state index in [1.807, 2.05) is 13.0 Å². The van der Waals surface area contributed by atoms with Gasteiger partial charge in [-0.1, -0.05) is 20.4 Å². The maximum Gasteiger partial charge on any atom is 0.336 e. The Bertz CT molecular complexity index is 1320. The number of nitrogens with one attached hydrogen (secondary N) is 1. The highest BCUT2D eigenvalue weighted by molar-refractivity contribution is 5.92. The highest BCUT2D eigenvalue weighted by atomic mass is 16.6. The van der Waals surface area contributed by atoms with E-state index in [1.54, 1.807) is 32.4 Å². The van der Waals surface area contributed by atoms with Crippen LogP contribution in [0.4, 0.5) is 5.69 Å². The summed E-state index contributed by atoms with van der Waals surface area (Å²) in [4.78, 5) is 48.7. The van der Waals surface area contributed by atoms with Crippen molar-refractivity contribution in [2.75, 3.05) is 32.8 Å². The molecule has 3 aliphatic rings. The van der Waals surface area contributed by atoms with Crippen LogP contribution in [0.1, 0.15) is 53.4 Å². The van der Waals surface area contributed by atoms with Gasteiger partial charge in [0.25, 0.3) is 6.47 Å². The molecular formula is C33H43NO10. The van der Waals surface area contributed by atoms with Crippen molar-refractivity contribution >= 4 is 30.1 Å². The molecular weight excluding hydrogens is 570 g/mol. The van der Waals surface area contributed by atoms with Crippen LogP contribution in [0.15, 0.2) is 42.0 Å². The highest BCUT2D eigenvalue weighted by Crippen LogP contribution is 2.63. The van der Waals surface area contributed by atoms with E-state index in [2.05, 4.69) is 18.8 Å². The summed E-state index contributed by atoms with van der Waals surface area (Å²) in [5, 5.41) is 3.51. The van der Waals surface area contributed by atoms with Crippen LogP contribution in [0.2, 0.25) is 0 Å². The van der Waals surface area contributed by atoms with Crippen molar-refractivity contribution in [3.63, 3.8) is 0 Å². The summed E-state index contributed by atoms with van der Waals surface area (Å²) in [7, 11) is 3.11. The topological polar surface area (TPSA) is 136 Å². The van der Waals surface area contributed by atoms with Crippen LogP contribution in [0.3, 0.4) is 0 Å². The molecule has 240 valence electrons. The van der Waals surface area contributed by atoms with E-state index < -0.39 is 47.0 Å². The number of methoxy groups -OCH3 is 2. The number of carbonyl (C=O) groups excluding carboxylic acids is 4. The van der Waals surface area contributed by atoms with Crippen LogP contribution in [0.25, 0.3) is 0 Å². The van der Waals surface area contributed by atoms with Gasteiger partial charge in [0.05, 0.1) is 25.8 Å². The average Bonchev–Trinajstić information content (AvgIpc) is 3.41. The maximum atomic E-state index is 12.9. The normalized spacial score (nSPS) is 30.2. The lowest BCUT2D eigenvalue weighted by molar-refractivity contribution is -0.197. The molecule has 44 heavy (non-hydrogen) atoms. The number of carbonyl (C=O) groups is 4. The number of esters is 3. The smallest absolute Gasteiger partial charge is 0.336 e. The molecule has 7 atom stereocenters. The quantitative estimate of drug-likeness (QED) is 0.156. The van der Waals surface area contributed by atoms with E-state index in [4.69, 9.17) is 28.4 Å². The van der Waals surface area contributed by atoms with Crippen molar-refractivity contribution in [1.82, 2.24) is 0 Å². The van der Waals surface area contributed by atoms with E-state index >= 15 is 0 Å². The first-order chi connectivity index (χ1) is 20.9. The van der Waals surface area contributed by atoms with Crippen molar-refractivity contribution in [2.24, 2.45) is 22.7 Å². The third-order valence-electron chi connectivity index (χ3n) is 9.78. The number of anilines is 1. The van der Waals surface area contributed by atoms with Gasteiger partial charge in [-0.15, -0.1) is 0 Å². The first kappa shape index (κ1) is 32.9. The first-order valence-corrected chi connectivity index (χ1v) is 14.8. The minimum Gasteiger partial charge on any atom is -0.493 e. The van der Waals surface area contributed by atoms with Crippen molar-refractivity contribution in [3.05, 3.63) is 42.0 Å². The number of cyclic esters (lactones) is 1. The van der Waals surface area contributed by atoms with E-state index in [9.17, 15) is 19.2 Å². The molecule has 0 radical (unpaired) electrons. The molecule has 2 aliphatic carbocycles. The Morgan fingerprint density at radius 3 is 2.43 bits per heavy atom. The molecule has 0 spiro atoms. The van der Waals surface area contributed by atoms with Gasteiger partial charge < -0.3 is 33.7 Å². The van der Waals surface area contributed by atoms with E-state index in [1.165, 1.54) is 13.8 Å². The Kier molecular flexibility index (Phi) is 9.95. The van der Waals surface area contributed by atoms with E-state index in [0.717, 1.165) is 5.57 Å². The Morgan fingerprint density at radius 2 is 1.84 bits per heavy atom. The van der Waals surface area contributed by atoms with Crippen LogP contribution in [0, 0.1) is 22.7 Å². The molecule has 1 aromatic rings. The molecule has 2 saturated carbocycles. The van der Waals surface area contributed by atoms with Crippen molar-refractivity contribution in [2.45, 2.75) is 71.6 Å². The SMILES string of the molecule is C=C1[C@@H](OC(C)=O)C[C@@H]2[C@](C)(COC=O)[C@H](OC(C)=O)CC[C@@]2(C)[C@@H]1C[C@@H](Nc1ccc(OC)c(OC)c1)C1=CCOC1=O. The summed E-state index contributed by atoms with van der Waals surface area (Å²) >= 11 is 0. The van der Waals surface area contributed by atoms with Gasteiger partial charge in [-0.2, -0.15) is 0 Å². The summed E-state index contributed by atoms with van der Waals surface area (Å²) < 4.78 is 33.2. The lowest BCUT2D eigenvalue weighted by Gasteiger charge is -2.61. The molecule has 1 aliphatic heterocycles. The Hall–Kier alpha value is -4.02. The summed E-state index contributed by atoms with van der Waals surface area (Å²) in [6, 6.07) is 4.92. The molecule has 4 rings (SSSR count). The van der Waals surface area contributed by atoms with Gasteiger partial charge in [-0.05, 0) is 66.7 Å². The number of hydrogen-bond donors (Lipinski definition) is 1. The van der Waals surface area contributed by atoms with Gasteiger partial charge >= 0.3 is 17.9 Å². The molecule has 11 nitrogen and oxygen atoms in total. The van der Waals surface area contributed by atoms with Gasteiger partial charge in [0.2, 0.25) is 0 Å². The zero-order valence-corrected chi connectivity index (χ0v) is 26.3. The molecule has 0 bridgehead atoms. The van der Waals surface area contributed by atoms with Gasteiger partial charge in [0.15, 0.2) is 11.5 Å². The fourth-order valence-electron chi connectivity index (χ4n) is 7.72. The monoisotopic (exact) mass is 613 g/mol. The summed E-state index contributed by atoms with van der Waals surface area (Å²) in [5.41, 5.74) is 0.703. The molecule has 2 fully saturated rings. The number of fused-ring (bicyclic) bond motifs is 1. The van der Waals surface area contributed by atoms with Crippen LogP contribution < -0.4 is 14.8 Å². The Balaban J connectivity index is 1.78. The largest absolute Gasteiger partial charge is 0.493 e. The van der Waals surface area contributed by atoms with E-state index in [0.29, 0.717) is 54.9 Å². The number of ether oxygens (including phenoxy) is 6. The molecule has 0 amide bonds. The zero-order chi connectivity index (χ0) is 32.2. The highest BCUT2D eigenvalue weighted by Gasteiger charge is 2.62. The van der Waals surface area contributed by atoms with Crippen LogP contribution in [0.5, 0.6) is 11.5 Å². The molecule has 0 unspecified atom stereocenters. The number of hydrogen-bond acceptors (Lipinski definition) is 11. The second kappa shape index (κ2) is 13.3. The van der Waals surface area contributed by atoms with Gasteiger partial charge in [-0.3, -0.25) is 14.4 Å². The minimum absolute atomic E-state index is 0.0193. The molecule has 11 heteroatoms. The predicted octanol–water partition coefficient (Wildman–Crippen LogP) is 4.39. The molecule has 1 aromatic carbocycles. The van der Waals surface area contributed by atoms with Gasteiger partial charge in [0, 0.05) is 31.0 Å².